The van der Waals surface area contributed by atoms with Crippen molar-refractivity contribution in [3.8, 4) is 17.4 Å². The van der Waals surface area contributed by atoms with Crippen LogP contribution in [0, 0.1) is 0 Å². The molecular weight excluding hydrogens is 507 g/mol. The number of alkyl halides is 3. The minimum atomic E-state index is -4.76. The van der Waals surface area contributed by atoms with Crippen molar-refractivity contribution < 1.29 is 37.0 Å². The highest BCUT2D eigenvalue weighted by Crippen LogP contribution is 2.39. The number of benzene rings is 2. The number of amides is 1. The first-order valence-electron chi connectivity index (χ1n) is 11.5. The van der Waals surface area contributed by atoms with E-state index in [-0.39, 0.29) is 30.0 Å². The maximum Gasteiger partial charge on any atom is 0.423 e. The maximum atomic E-state index is 13.8. The van der Waals surface area contributed by atoms with E-state index in [1.54, 1.807) is 24.2 Å². The molecule has 0 fully saturated rings. The van der Waals surface area contributed by atoms with Crippen molar-refractivity contribution >= 4 is 17.5 Å². The SMILES string of the molecule is COCCNC(=O)c1ccc(Nc2ncc(C(F)(F)F)c(Oc3cccc4c3CON(C)C4)n2)c(OC)c1. The van der Waals surface area contributed by atoms with Crippen LogP contribution >= 0.6 is 0 Å². The first kappa shape index (κ1) is 27.1. The van der Waals surface area contributed by atoms with Gasteiger partial charge in [-0.25, -0.2) is 4.98 Å². The summed E-state index contributed by atoms with van der Waals surface area (Å²) in [5.41, 5.74) is 1.02. The second-order valence-corrected chi connectivity index (χ2v) is 8.25. The van der Waals surface area contributed by atoms with Crippen LogP contribution in [0.25, 0.3) is 0 Å². The molecule has 0 spiro atoms. The van der Waals surface area contributed by atoms with Gasteiger partial charge in [-0.15, -0.1) is 0 Å². The third kappa shape index (κ3) is 6.30. The summed E-state index contributed by atoms with van der Waals surface area (Å²) in [7, 11) is 4.68. The van der Waals surface area contributed by atoms with E-state index in [0.717, 1.165) is 5.56 Å². The highest BCUT2D eigenvalue weighted by atomic mass is 19.4. The van der Waals surface area contributed by atoms with Crippen LogP contribution in [0.15, 0.2) is 42.6 Å². The lowest BCUT2D eigenvalue weighted by molar-refractivity contribution is -0.168. The summed E-state index contributed by atoms with van der Waals surface area (Å²) in [4.78, 5) is 25.7. The fourth-order valence-corrected chi connectivity index (χ4v) is 3.71. The van der Waals surface area contributed by atoms with E-state index in [2.05, 4.69) is 20.6 Å². The second-order valence-electron chi connectivity index (χ2n) is 8.25. The van der Waals surface area contributed by atoms with Crippen LogP contribution < -0.4 is 20.1 Å². The van der Waals surface area contributed by atoms with Crippen LogP contribution in [0.2, 0.25) is 0 Å². The highest BCUT2D eigenvalue weighted by Gasteiger charge is 2.37. The molecule has 0 saturated carbocycles. The molecule has 13 heteroatoms. The zero-order chi connectivity index (χ0) is 27.3. The van der Waals surface area contributed by atoms with E-state index in [1.807, 2.05) is 6.07 Å². The lowest BCUT2D eigenvalue weighted by atomic mass is 10.1. The van der Waals surface area contributed by atoms with Crippen molar-refractivity contribution in [1.29, 1.82) is 0 Å². The molecule has 0 atom stereocenters. The van der Waals surface area contributed by atoms with Crippen LogP contribution in [0.4, 0.5) is 24.8 Å². The number of nitrogens with one attached hydrogen (secondary N) is 2. The lowest BCUT2D eigenvalue weighted by Gasteiger charge is -2.26. The average Bonchev–Trinajstić information content (AvgIpc) is 2.88. The highest BCUT2D eigenvalue weighted by molar-refractivity contribution is 5.95. The minimum Gasteiger partial charge on any atom is -0.495 e. The molecule has 0 radical (unpaired) electrons. The predicted octanol–water partition coefficient (Wildman–Crippen LogP) is 4.29. The molecule has 2 heterocycles. The summed E-state index contributed by atoms with van der Waals surface area (Å²) < 4.78 is 57.3. The van der Waals surface area contributed by atoms with Crippen LogP contribution in [0.1, 0.15) is 27.0 Å². The van der Waals surface area contributed by atoms with Crippen molar-refractivity contribution in [2.45, 2.75) is 19.3 Å². The molecule has 0 unspecified atom stereocenters. The fourth-order valence-electron chi connectivity index (χ4n) is 3.71. The number of anilines is 2. The average molecular weight is 534 g/mol. The molecule has 1 aromatic heterocycles. The largest absolute Gasteiger partial charge is 0.495 e. The maximum absolute atomic E-state index is 13.8. The van der Waals surface area contributed by atoms with Gasteiger partial charge in [-0.05, 0) is 29.8 Å². The molecule has 38 heavy (non-hydrogen) atoms. The van der Waals surface area contributed by atoms with E-state index in [4.69, 9.17) is 19.0 Å². The number of nitrogens with zero attached hydrogens (tertiary/aromatic N) is 3. The standard InChI is InChI=1S/C25H26F3N5O5/c1-33-13-16-5-4-6-20(17(16)14-37-33)38-23-18(25(26,27)28)12-30-24(32-23)31-19-8-7-15(11-21(19)36-3)22(34)29-9-10-35-2/h4-8,11-12H,9-10,13-14H2,1-3H3,(H,29,34)(H,30,31,32). The topological polar surface area (TPSA) is 107 Å². The Morgan fingerprint density at radius 1 is 1.18 bits per heavy atom. The molecule has 202 valence electrons. The Hall–Kier alpha value is -3.94. The summed E-state index contributed by atoms with van der Waals surface area (Å²) in [6, 6.07) is 9.65. The van der Waals surface area contributed by atoms with Crippen LogP contribution in [0.5, 0.6) is 17.4 Å². The van der Waals surface area contributed by atoms with Crippen LogP contribution in [-0.4, -0.2) is 55.4 Å². The Kier molecular flexibility index (Phi) is 8.29. The summed E-state index contributed by atoms with van der Waals surface area (Å²) >= 11 is 0. The van der Waals surface area contributed by atoms with Gasteiger partial charge in [0.25, 0.3) is 5.91 Å². The smallest absolute Gasteiger partial charge is 0.423 e. The van der Waals surface area contributed by atoms with Gasteiger partial charge in [0.1, 0.15) is 17.1 Å². The lowest BCUT2D eigenvalue weighted by Crippen LogP contribution is -2.26. The van der Waals surface area contributed by atoms with E-state index < -0.39 is 17.6 Å². The number of halogens is 3. The number of aromatic nitrogens is 2. The molecule has 0 aliphatic carbocycles. The number of rotatable bonds is 9. The first-order valence-corrected chi connectivity index (χ1v) is 11.5. The van der Waals surface area contributed by atoms with Gasteiger partial charge in [0, 0.05) is 44.6 Å². The minimum absolute atomic E-state index is 0.141. The number of fused-ring (bicyclic) bond motifs is 1. The molecule has 3 aromatic rings. The molecule has 10 nitrogen and oxygen atoms in total. The van der Waals surface area contributed by atoms with Gasteiger partial charge in [-0.2, -0.15) is 23.2 Å². The Morgan fingerprint density at radius 2 is 2.00 bits per heavy atom. The van der Waals surface area contributed by atoms with Gasteiger partial charge in [-0.1, -0.05) is 12.1 Å². The molecule has 2 aromatic carbocycles. The summed E-state index contributed by atoms with van der Waals surface area (Å²) in [6.45, 7) is 1.28. The first-order chi connectivity index (χ1) is 18.2. The van der Waals surface area contributed by atoms with Crippen molar-refractivity contribution in [1.82, 2.24) is 20.3 Å². The van der Waals surface area contributed by atoms with Crippen LogP contribution in [0.3, 0.4) is 0 Å². The predicted molar refractivity (Wildman–Crippen MR) is 130 cm³/mol. The number of carbonyl (C=O) groups is 1. The molecule has 2 N–H and O–H groups in total. The Bertz CT molecular complexity index is 1300. The number of hydrogen-bond donors (Lipinski definition) is 2. The Balaban J connectivity index is 1.62. The normalized spacial score (nSPS) is 13.5. The molecule has 1 aliphatic rings. The number of methoxy groups -OCH3 is 2. The molecule has 0 bridgehead atoms. The van der Waals surface area contributed by atoms with Gasteiger partial charge in [-0.3, -0.25) is 9.63 Å². The van der Waals surface area contributed by atoms with Gasteiger partial charge >= 0.3 is 6.18 Å². The monoisotopic (exact) mass is 533 g/mol. The molecular formula is C25H26F3N5O5. The van der Waals surface area contributed by atoms with Gasteiger partial charge < -0.3 is 24.8 Å². The second kappa shape index (κ2) is 11.6. The van der Waals surface area contributed by atoms with Crippen molar-refractivity contribution in [3.63, 3.8) is 0 Å². The molecule has 1 aliphatic heterocycles. The van der Waals surface area contributed by atoms with Crippen molar-refractivity contribution in [2.24, 2.45) is 0 Å². The molecule has 0 saturated heterocycles. The van der Waals surface area contributed by atoms with Crippen LogP contribution in [-0.2, 0) is 28.9 Å². The third-order valence-corrected chi connectivity index (χ3v) is 5.62. The zero-order valence-corrected chi connectivity index (χ0v) is 20.9. The van der Waals surface area contributed by atoms with E-state index in [9.17, 15) is 18.0 Å². The van der Waals surface area contributed by atoms with Crippen molar-refractivity contribution in [3.05, 3.63) is 64.8 Å². The molecule has 4 rings (SSSR count). The van der Waals surface area contributed by atoms with Gasteiger partial charge in [0.2, 0.25) is 11.8 Å². The number of hydrogen-bond acceptors (Lipinski definition) is 9. The quantitative estimate of drug-likeness (QED) is 0.390. The zero-order valence-electron chi connectivity index (χ0n) is 20.9. The summed E-state index contributed by atoms with van der Waals surface area (Å²) in [5.74, 6) is -0.713. The summed E-state index contributed by atoms with van der Waals surface area (Å²) in [6.07, 6.45) is -4.11. The Morgan fingerprint density at radius 3 is 2.74 bits per heavy atom. The number of carbonyl (C=O) groups excluding carboxylic acids is 1. The fraction of sp³-hybridized carbons (Fsp3) is 0.320. The summed E-state index contributed by atoms with van der Waals surface area (Å²) in [5, 5.41) is 7.16. The Labute approximate surface area is 216 Å². The number of hydroxylamine groups is 2. The van der Waals surface area contributed by atoms with E-state index in [0.29, 0.717) is 42.7 Å². The van der Waals surface area contributed by atoms with Crippen molar-refractivity contribution in [2.75, 3.05) is 39.7 Å². The number of ether oxygens (including phenoxy) is 3. The van der Waals surface area contributed by atoms with E-state index in [1.165, 1.54) is 32.4 Å². The van der Waals surface area contributed by atoms with Gasteiger partial charge in [0.05, 0.1) is 26.0 Å². The molecule has 1 amide bonds. The van der Waals surface area contributed by atoms with E-state index >= 15 is 0 Å². The van der Waals surface area contributed by atoms with Gasteiger partial charge in [0.15, 0.2) is 0 Å². The third-order valence-electron chi connectivity index (χ3n) is 5.62.